The molecule has 0 radical (unpaired) electrons. The van der Waals surface area contributed by atoms with Gasteiger partial charge in [0.25, 0.3) is 0 Å². The molecule has 0 saturated heterocycles. The molecule has 0 aliphatic rings. The summed E-state index contributed by atoms with van der Waals surface area (Å²) in [6.45, 7) is 1.45. The van der Waals surface area contributed by atoms with Crippen molar-refractivity contribution in [2.45, 2.75) is 6.92 Å². The van der Waals surface area contributed by atoms with Gasteiger partial charge in [0.2, 0.25) is 5.91 Å². The standard InChI is InChI=1S/C26H18FN7O/c1-14(35)30-16-10-15(12-28-13-16)20-6-7-22-25(32-20)26(34-33-22)23-11-18-21(31-23)8-9-29-24(18)17-4-2-3-5-19(17)27/h2-13,31H,1H3,(H,30,35)(H,33,34). The quantitative estimate of drug-likeness (QED) is 0.327. The van der Waals surface area contributed by atoms with E-state index >= 15 is 0 Å². The summed E-state index contributed by atoms with van der Waals surface area (Å²) in [5, 5.41) is 11.0. The minimum Gasteiger partial charge on any atom is -0.353 e. The van der Waals surface area contributed by atoms with Gasteiger partial charge < -0.3 is 10.3 Å². The second-order valence-corrected chi connectivity index (χ2v) is 8.09. The average Bonchev–Trinajstić information content (AvgIpc) is 3.47. The lowest BCUT2D eigenvalue weighted by Crippen LogP contribution is -2.06. The first-order chi connectivity index (χ1) is 17.1. The monoisotopic (exact) mass is 463 g/mol. The van der Waals surface area contributed by atoms with Crippen LogP contribution in [0, 0.1) is 5.82 Å². The lowest BCUT2D eigenvalue weighted by atomic mass is 10.1. The molecular weight excluding hydrogens is 445 g/mol. The van der Waals surface area contributed by atoms with Crippen LogP contribution in [0.4, 0.5) is 10.1 Å². The normalized spacial score (nSPS) is 11.3. The van der Waals surface area contributed by atoms with E-state index in [0.717, 1.165) is 27.7 Å². The maximum absolute atomic E-state index is 14.5. The van der Waals surface area contributed by atoms with E-state index in [1.807, 2.05) is 30.3 Å². The van der Waals surface area contributed by atoms with Crippen LogP contribution in [0.1, 0.15) is 6.92 Å². The Kier molecular flexibility index (Phi) is 4.81. The van der Waals surface area contributed by atoms with E-state index in [2.05, 4.69) is 30.5 Å². The molecule has 0 unspecified atom stereocenters. The third-order valence-corrected chi connectivity index (χ3v) is 5.69. The largest absolute Gasteiger partial charge is 0.353 e. The van der Waals surface area contributed by atoms with Crippen molar-refractivity contribution >= 4 is 33.5 Å². The van der Waals surface area contributed by atoms with Crippen molar-refractivity contribution in [2.75, 3.05) is 5.32 Å². The Morgan fingerprint density at radius 2 is 1.89 bits per heavy atom. The Hall–Kier alpha value is -4.92. The predicted molar refractivity (Wildman–Crippen MR) is 132 cm³/mol. The zero-order chi connectivity index (χ0) is 23.9. The first kappa shape index (κ1) is 20.7. The van der Waals surface area contributed by atoms with Gasteiger partial charge in [0.15, 0.2) is 0 Å². The van der Waals surface area contributed by atoms with Crippen LogP contribution in [0.2, 0.25) is 0 Å². The number of hydrogen-bond acceptors (Lipinski definition) is 5. The highest BCUT2D eigenvalue weighted by Crippen LogP contribution is 2.34. The summed E-state index contributed by atoms with van der Waals surface area (Å²) in [5.41, 5.74) is 6.62. The number of hydrogen-bond donors (Lipinski definition) is 3. The van der Waals surface area contributed by atoms with Gasteiger partial charge in [0.1, 0.15) is 17.0 Å². The molecule has 6 rings (SSSR count). The Labute approximate surface area is 198 Å². The van der Waals surface area contributed by atoms with Crippen LogP contribution < -0.4 is 5.32 Å². The van der Waals surface area contributed by atoms with Gasteiger partial charge in [-0.05, 0) is 42.5 Å². The minimum absolute atomic E-state index is 0.174. The number of nitrogens with zero attached hydrogens (tertiary/aromatic N) is 4. The summed E-state index contributed by atoms with van der Waals surface area (Å²) in [6.07, 6.45) is 4.92. The molecule has 0 bridgehead atoms. The van der Waals surface area contributed by atoms with Gasteiger partial charge in [-0.25, -0.2) is 9.37 Å². The lowest BCUT2D eigenvalue weighted by molar-refractivity contribution is -0.114. The number of rotatable bonds is 4. The van der Waals surface area contributed by atoms with E-state index in [0.29, 0.717) is 33.8 Å². The fourth-order valence-corrected chi connectivity index (χ4v) is 4.15. The van der Waals surface area contributed by atoms with Gasteiger partial charge in [0, 0.05) is 41.3 Å². The third kappa shape index (κ3) is 3.68. The number of nitrogens with one attached hydrogen (secondary N) is 3. The first-order valence-corrected chi connectivity index (χ1v) is 10.9. The Balaban J connectivity index is 1.46. The van der Waals surface area contributed by atoms with Gasteiger partial charge in [-0.15, -0.1) is 0 Å². The zero-order valence-electron chi connectivity index (χ0n) is 18.5. The summed E-state index contributed by atoms with van der Waals surface area (Å²) in [4.78, 5) is 28.3. The van der Waals surface area contributed by atoms with Crippen LogP contribution in [-0.2, 0) is 4.79 Å². The first-order valence-electron chi connectivity index (χ1n) is 10.9. The van der Waals surface area contributed by atoms with Crippen LogP contribution in [-0.4, -0.2) is 36.0 Å². The molecule has 0 atom stereocenters. The molecule has 5 aromatic heterocycles. The Morgan fingerprint density at radius 1 is 1.00 bits per heavy atom. The molecule has 35 heavy (non-hydrogen) atoms. The molecule has 3 N–H and O–H groups in total. The van der Waals surface area contributed by atoms with Crippen molar-refractivity contribution in [3.8, 4) is 33.9 Å². The molecule has 0 aliphatic carbocycles. The summed E-state index contributed by atoms with van der Waals surface area (Å²) >= 11 is 0. The van der Waals surface area contributed by atoms with Gasteiger partial charge in [-0.2, -0.15) is 5.10 Å². The zero-order valence-corrected chi connectivity index (χ0v) is 18.5. The topological polar surface area (TPSA) is 112 Å². The van der Waals surface area contributed by atoms with Crippen molar-refractivity contribution in [2.24, 2.45) is 0 Å². The highest BCUT2D eigenvalue weighted by atomic mass is 19.1. The Morgan fingerprint density at radius 3 is 2.74 bits per heavy atom. The fraction of sp³-hybridized carbons (Fsp3) is 0.0385. The number of amides is 1. The van der Waals surface area contributed by atoms with Crippen LogP contribution in [0.3, 0.4) is 0 Å². The van der Waals surface area contributed by atoms with Crippen LogP contribution >= 0.6 is 0 Å². The summed E-state index contributed by atoms with van der Waals surface area (Å²) < 4.78 is 14.5. The molecule has 6 aromatic rings. The molecule has 5 heterocycles. The number of anilines is 1. The van der Waals surface area contributed by atoms with E-state index < -0.39 is 0 Å². The van der Waals surface area contributed by atoms with E-state index in [1.54, 1.807) is 36.8 Å². The van der Waals surface area contributed by atoms with Crippen molar-refractivity contribution in [1.82, 2.24) is 30.1 Å². The molecule has 0 fully saturated rings. The number of fused-ring (bicyclic) bond motifs is 2. The molecule has 0 aliphatic heterocycles. The maximum atomic E-state index is 14.5. The van der Waals surface area contributed by atoms with Gasteiger partial charge in [-0.1, -0.05) is 12.1 Å². The fourth-order valence-electron chi connectivity index (χ4n) is 4.15. The second kappa shape index (κ2) is 8.14. The highest BCUT2D eigenvalue weighted by molar-refractivity contribution is 5.99. The average molecular weight is 463 g/mol. The summed E-state index contributed by atoms with van der Waals surface area (Å²) in [6, 6.07) is 15.9. The lowest BCUT2D eigenvalue weighted by Gasteiger charge is -2.05. The molecule has 0 spiro atoms. The maximum Gasteiger partial charge on any atom is 0.221 e. The highest BCUT2D eigenvalue weighted by Gasteiger charge is 2.17. The van der Waals surface area contributed by atoms with Gasteiger partial charge >= 0.3 is 0 Å². The molecule has 8 nitrogen and oxygen atoms in total. The minimum atomic E-state index is -0.332. The van der Waals surface area contributed by atoms with Crippen LogP contribution in [0.15, 0.2) is 73.2 Å². The molecule has 9 heteroatoms. The van der Waals surface area contributed by atoms with Gasteiger partial charge in [0.05, 0.1) is 34.5 Å². The van der Waals surface area contributed by atoms with Crippen molar-refractivity contribution in [3.05, 3.63) is 79.0 Å². The third-order valence-electron chi connectivity index (χ3n) is 5.69. The van der Waals surface area contributed by atoms with Crippen LogP contribution in [0.5, 0.6) is 0 Å². The van der Waals surface area contributed by atoms with Crippen molar-refractivity contribution in [1.29, 1.82) is 0 Å². The van der Waals surface area contributed by atoms with Crippen molar-refractivity contribution < 1.29 is 9.18 Å². The Bertz CT molecular complexity index is 1740. The molecule has 1 aromatic carbocycles. The van der Waals surface area contributed by atoms with E-state index in [9.17, 15) is 9.18 Å². The number of halogens is 1. The molecule has 170 valence electrons. The number of pyridine rings is 3. The van der Waals surface area contributed by atoms with E-state index in [-0.39, 0.29) is 11.7 Å². The number of aromatic nitrogens is 6. The predicted octanol–water partition coefficient (Wildman–Crippen LogP) is 5.33. The molecule has 1 amide bonds. The van der Waals surface area contributed by atoms with Crippen molar-refractivity contribution in [3.63, 3.8) is 0 Å². The molecule has 0 saturated carbocycles. The van der Waals surface area contributed by atoms with E-state index in [1.165, 1.54) is 13.0 Å². The smallest absolute Gasteiger partial charge is 0.221 e. The number of H-pyrrole nitrogens is 2. The number of aromatic amines is 2. The summed E-state index contributed by atoms with van der Waals surface area (Å²) in [7, 11) is 0. The van der Waals surface area contributed by atoms with Gasteiger partial charge in [-0.3, -0.25) is 19.9 Å². The SMILES string of the molecule is CC(=O)Nc1cncc(-c2ccc3[nH]nc(-c4cc5c(-c6ccccc6F)nccc5[nH]4)c3n2)c1. The van der Waals surface area contributed by atoms with E-state index in [4.69, 9.17) is 4.98 Å². The number of benzene rings is 1. The number of carbonyl (C=O) groups excluding carboxylic acids is 1. The number of carbonyl (C=O) groups is 1. The molecular formula is C26H18FN7O. The summed E-state index contributed by atoms with van der Waals surface area (Å²) in [5.74, 6) is -0.505. The van der Waals surface area contributed by atoms with Crippen LogP contribution in [0.25, 0.3) is 55.8 Å². The second-order valence-electron chi connectivity index (χ2n) is 8.09.